The number of hydrogen-bond donors (Lipinski definition) is 2. The Morgan fingerprint density at radius 3 is 2.74 bits per heavy atom. The van der Waals surface area contributed by atoms with Crippen LogP contribution in [0.4, 0.5) is 11.4 Å². The number of benzene rings is 2. The fourth-order valence-electron chi connectivity index (χ4n) is 1.67. The number of hydrogen-bond acceptors (Lipinski definition) is 2. The van der Waals surface area contributed by atoms with E-state index in [4.69, 9.17) is 17.3 Å². The summed E-state index contributed by atoms with van der Waals surface area (Å²) in [6.45, 7) is 1.86. The number of halogens is 2. The monoisotopic (exact) mass is 338 g/mol. The molecule has 98 valence electrons. The molecule has 0 aliphatic heterocycles. The zero-order valence-corrected chi connectivity index (χ0v) is 12.5. The predicted octanol–water partition coefficient (Wildman–Crippen LogP) is 4.25. The minimum absolute atomic E-state index is 0.232. The third-order valence-corrected chi connectivity index (χ3v) is 3.51. The number of amides is 1. The Balaban J connectivity index is 2.30. The van der Waals surface area contributed by atoms with Gasteiger partial charge >= 0.3 is 0 Å². The van der Waals surface area contributed by atoms with Gasteiger partial charge in [0.2, 0.25) is 0 Å². The zero-order chi connectivity index (χ0) is 14.0. The Hall–Kier alpha value is -1.52. The predicted molar refractivity (Wildman–Crippen MR) is 82.7 cm³/mol. The highest BCUT2D eigenvalue weighted by molar-refractivity contribution is 9.10. The smallest absolute Gasteiger partial charge is 0.256 e. The van der Waals surface area contributed by atoms with Crippen LogP contribution in [0, 0.1) is 6.92 Å². The van der Waals surface area contributed by atoms with Crippen molar-refractivity contribution in [1.82, 2.24) is 0 Å². The molecule has 0 heterocycles. The standard InChI is InChI=1S/C14H12BrClN2O/c1-8-2-4-10(17)7-11(8)14(19)18-13-6-9(15)3-5-12(13)16/h2-7H,17H2,1H3,(H,18,19). The summed E-state index contributed by atoms with van der Waals surface area (Å²) in [4.78, 5) is 12.2. The number of carbonyl (C=O) groups is 1. The number of carbonyl (C=O) groups excluding carboxylic acids is 1. The van der Waals surface area contributed by atoms with E-state index in [2.05, 4.69) is 21.2 Å². The van der Waals surface area contributed by atoms with Crippen molar-refractivity contribution in [2.24, 2.45) is 0 Å². The third-order valence-electron chi connectivity index (χ3n) is 2.68. The molecule has 0 aromatic heterocycles. The molecule has 0 saturated heterocycles. The Labute approximate surface area is 124 Å². The summed E-state index contributed by atoms with van der Waals surface area (Å²) in [7, 11) is 0. The first kappa shape index (κ1) is 13.9. The van der Waals surface area contributed by atoms with Crippen molar-refractivity contribution in [1.29, 1.82) is 0 Å². The average Bonchev–Trinajstić information content (AvgIpc) is 2.36. The van der Waals surface area contributed by atoms with Crippen LogP contribution in [0.1, 0.15) is 15.9 Å². The van der Waals surface area contributed by atoms with Gasteiger partial charge in [0, 0.05) is 15.7 Å². The molecule has 2 aromatic rings. The van der Waals surface area contributed by atoms with E-state index >= 15 is 0 Å². The number of anilines is 2. The second-order valence-corrected chi connectivity index (χ2v) is 5.48. The normalized spacial score (nSPS) is 10.3. The van der Waals surface area contributed by atoms with Gasteiger partial charge in [-0.2, -0.15) is 0 Å². The van der Waals surface area contributed by atoms with Gasteiger partial charge in [0.15, 0.2) is 0 Å². The SMILES string of the molecule is Cc1ccc(N)cc1C(=O)Nc1cc(Br)ccc1Cl. The average molecular weight is 340 g/mol. The van der Waals surface area contributed by atoms with E-state index < -0.39 is 0 Å². The van der Waals surface area contributed by atoms with E-state index in [9.17, 15) is 4.79 Å². The molecule has 2 aromatic carbocycles. The molecule has 0 aliphatic rings. The lowest BCUT2D eigenvalue weighted by atomic mass is 10.1. The second-order valence-electron chi connectivity index (χ2n) is 4.15. The fraction of sp³-hybridized carbons (Fsp3) is 0.0714. The number of nitrogen functional groups attached to an aromatic ring is 1. The number of nitrogens with one attached hydrogen (secondary N) is 1. The molecule has 2 rings (SSSR count). The Bertz CT molecular complexity index is 643. The topological polar surface area (TPSA) is 55.1 Å². The molecule has 0 radical (unpaired) electrons. The summed E-state index contributed by atoms with van der Waals surface area (Å²) in [5.74, 6) is -0.232. The van der Waals surface area contributed by atoms with Crippen molar-refractivity contribution in [3.8, 4) is 0 Å². The van der Waals surface area contributed by atoms with Gasteiger partial charge in [-0.25, -0.2) is 0 Å². The van der Waals surface area contributed by atoms with Crippen LogP contribution in [0.15, 0.2) is 40.9 Å². The molecule has 19 heavy (non-hydrogen) atoms. The molecule has 0 bridgehead atoms. The van der Waals surface area contributed by atoms with E-state index in [1.165, 1.54) is 0 Å². The molecule has 0 saturated carbocycles. The minimum Gasteiger partial charge on any atom is -0.399 e. The van der Waals surface area contributed by atoms with Crippen LogP contribution in [-0.4, -0.2) is 5.91 Å². The van der Waals surface area contributed by atoms with E-state index in [0.29, 0.717) is 22.0 Å². The molecular weight excluding hydrogens is 328 g/mol. The molecular formula is C14H12BrClN2O. The van der Waals surface area contributed by atoms with Crippen molar-refractivity contribution < 1.29 is 4.79 Å². The van der Waals surface area contributed by atoms with Crippen LogP contribution in [0.25, 0.3) is 0 Å². The first-order valence-corrected chi connectivity index (χ1v) is 6.77. The molecule has 5 heteroatoms. The van der Waals surface area contributed by atoms with Crippen molar-refractivity contribution in [3.63, 3.8) is 0 Å². The molecule has 0 atom stereocenters. The highest BCUT2D eigenvalue weighted by atomic mass is 79.9. The highest BCUT2D eigenvalue weighted by Gasteiger charge is 2.11. The van der Waals surface area contributed by atoms with Gasteiger partial charge in [-0.15, -0.1) is 0 Å². The molecule has 0 spiro atoms. The number of rotatable bonds is 2. The molecule has 0 fully saturated rings. The lowest BCUT2D eigenvalue weighted by Crippen LogP contribution is -2.14. The lowest BCUT2D eigenvalue weighted by molar-refractivity contribution is 0.102. The van der Waals surface area contributed by atoms with Crippen LogP contribution in [0.5, 0.6) is 0 Å². The first-order chi connectivity index (χ1) is 8.97. The summed E-state index contributed by atoms with van der Waals surface area (Å²) in [6.07, 6.45) is 0. The lowest BCUT2D eigenvalue weighted by Gasteiger charge is -2.10. The van der Waals surface area contributed by atoms with E-state index in [1.54, 1.807) is 24.3 Å². The maximum atomic E-state index is 12.2. The maximum absolute atomic E-state index is 12.2. The van der Waals surface area contributed by atoms with Crippen molar-refractivity contribution in [3.05, 3.63) is 57.0 Å². The third kappa shape index (κ3) is 3.28. The molecule has 0 unspecified atom stereocenters. The first-order valence-electron chi connectivity index (χ1n) is 5.60. The van der Waals surface area contributed by atoms with Crippen molar-refractivity contribution >= 4 is 44.8 Å². The summed E-state index contributed by atoms with van der Waals surface area (Å²) in [5, 5.41) is 3.26. The van der Waals surface area contributed by atoms with Crippen LogP contribution in [-0.2, 0) is 0 Å². The van der Waals surface area contributed by atoms with Crippen LogP contribution in [0.3, 0.4) is 0 Å². The Kier molecular flexibility index (Phi) is 4.12. The van der Waals surface area contributed by atoms with Crippen molar-refractivity contribution in [2.75, 3.05) is 11.1 Å². The highest BCUT2D eigenvalue weighted by Crippen LogP contribution is 2.26. The Morgan fingerprint density at radius 1 is 1.26 bits per heavy atom. The summed E-state index contributed by atoms with van der Waals surface area (Å²) in [5.41, 5.74) is 8.21. The molecule has 0 aliphatic carbocycles. The molecule has 1 amide bonds. The quantitative estimate of drug-likeness (QED) is 0.804. The largest absolute Gasteiger partial charge is 0.399 e. The number of aryl methyl sites for hydroxylation is 1. The summed E-state index contributed by atoms with van der Waals surface area (Å²) < 4.78 is 0.844. The summed E-state index contributed by atoms with van der Waals surface area (Å²) >= 11 is 9.38. The van der Waals surface area contributed by atoms with Gasteiger partial charge in [0.25, 0.3) is 5.91 Å². The van der Waals surface area contributed by atoms with Crippen LogP contribution < -0.4 is 11.1 Å². The van der Waals surface area contributed by atoms with Crippen LogP contribution in [0.2, 0.25) is 5.02 Å². The minimum atomic E-state index is -0.232. The summed E-state index contributed by atoms with van der Waals surface area (Å²) in [6, 6.07) is 10.5. The maximum Gasteiger partial charge on any atom is 0.256 e. The van der Waals surface area contributed by atoms with E-state index in [0.717, 1.165) is 10.0 Å². The molecule has 3 N–H and O–H groups in total. The van der Waals surface area contributed by atoms with Crippen molar-refractivity contribution in [2.45, 2.75) is 6.92 Å². The molecule has 3 nitrogen and oxygen atoms in total. The van der Waals surface area contributed by atoms with E-state index in [1.807, 2.05) is 19.1 Å². The van der Waals surface area contributed by atoms with Gasteiger partial charge < -0.3 is 11.1 Å². The van der Waals surface area contributed by atoms with Gasteiger partial charge in [0.1, 0.15) is 0 Å². The van der Waals surface area contributed by atoms with Gasteiger partial charge in [-0.05, 0) is 42.8 Å². The van der Waals surface area contributed by atoms with Gasteiger partial charge in [-0.1, -0.05) is 33.6 Å². The van der Waals surface area contributed by atoms with Gasteiger partial charge in [0.05, 0.1) is 10.7 Å². The van der Waals surface area contributed by atoms with E-state index in [-0.39, 0.29) is 5.91 Å². The second kappa shape index (κ2) is 5.63. The fourth-order valence-corrected chi connectivity index (χ4v) is 2.19. The van der Waals surface area contributed by atoms with Gasteiger partial charge in [-0.3, -0.25) is 4.79 Å². The number of nitrogens with two attached hydrogens (primary N) is 1. The zero-order valence-electron chi connectivity index (χ0n) is 10.2. The Morgan fingerprint density at radius 2 is 2.00 bits per heavy atom. The van der Waals surface area contributed by atoms with Crippen LogP contribution >= 0.6 is 27.5 Å².